The van der Waals surface area contributed by atoms with Crippen molar-refractivity contribution in [1.82, 2.24) is 0 Å². The van der Waals surface area contributed by atoms with E-state index in [2.05, 4.69) is 0 Å². The van der Waals surface area contributed by atoms with Crippen molar-refractivity contribution < 1.29 is 13.5 Å². The van der Waals surface area contributed by atoms with Gasteiger partial charge in [0.25, 0.3) is 0 Å². The van der Waals surface area contributed by atoms with Gasteiger partial charge in [-0.25, -0.2) is 8.42 Å². The summed E-state index contributed by atoms with van der Waals surface area (Å²) >= 11 is 11.8. The van der Waals surface area contributed by atoms with Crippen molar-refractivity contribution in [3.63, 3.8) is 0 Å². The smallest absolute Gasteiger partial charge is 0.154 e. The van der Waals surface area contributed by atoms with Crippen molar-refractivity contribution in [2.24, 2.45) is 5.92 Å². The van der Waals surface area contributed by atoms with Gasteiger partial charge in [0.1, 0.15) is 0 Å². The molecule has 1 aromatic rings. The molecule has 3 nitrogen and oxygen atoms in total. The van der Waals surface area contributed by atoms with Gasteiger partial charge in [-0.05, 0) is 18.1 Å². The highest BCUT2D eigenvalue weighted by Gasteiger charge is 2.19. The van der Waals surface area contributed by atoms with Crippen LogP contribution in [0.25, 0.3) is 0 Å². The number of hydrogen-bond donors (Lipinski definition) is 1. The summed E-state index contributed by atoms with van der Waals surface area (Å²) in [5.74, 6) is -0.567. The predicted octanol–water partition coefficient (Wildman–Crippen LogP) is 2.54. The minimum atomic E-state index is -3.32. The Bertz CT molecular complexity index is 465. The maximum absolute atomic E-state index is 11.8. The zero-order valence-electron chi connectivity index (χ0n) is 9.36. The molecule has 1 N–H and O–H groups in total. The average Bonchev–Trinajstić information content (AvgIpc) is 2.23. The fourth-order valence-corrected chi connectivity index (χ4v) is 3.97. The molecule has 17 heavy (non-hydrogen) atoms. The number of rotatable bonds is 5. The highest BCUT2D eigenvalue weighted by atomic mass is 35.5. The van der Waals surface area contributed by atoms with E-state index < -0.39 is 9.84 Å². The monoisotopic (exact) mass is 296 g/mol. The fourth-order valence-electron chi connectivity index (χ4n) is 1.44. The molecular weight excluding hydrogens is 283 g/mol. The number of sulfone groups is 1. The third-order valence-electron chi connectivity index (χ3n) is 2.28. The molecule has 0 saturated heterocycles. The van der Waals surface area contributed by atoms with Crippen LogP contribution in [0.15, 0.2) is 18.2 Å². The van der Waals surface area contributed by atoms with Gasteiger partial charge in [-0.15, -0.1) is 0 Å². The first-order chi connectivity index (χ1) is 7.85. The molecule has 0 spiro atoms. The molecule has 0 aliphatic carbocycles. The van der Waals surface area contributed by atoms with E-state index in [1.165, 1.54) is 0 Å². The second-order valence-electron chi connectivity index (χ2n) is 4.04. The lowest BCUT2D eigenvalue weighted by molar-refractivity contribution is 0.249. The standard InChI is InChI=1S/C11H14Cl2O3S/c1-8(5-14)6-17(15,16)7-9-10(12)3-2-4-11(9)13/h2-4,8,14H,5-7H2,1H3. The molecule has 0 radical (unpaired) electrons. The topological polar surface area (TPSA) is 54.4 Å². The van der Waals surface area contributed by atoms with Gasteiger partial charge in [0.15, 0.2) is 9.84 Å². The first kappa shape index (κ1) is 14.8. The molecule has 1 unspecified atom stereocenters. The fraction of sp³-hybridized carbons (Fsp3) is 0.455. The lowest BCUT2D eigenvalue weighted by Crippen LogP contribution is -2.18. The quantitative estimate of drug-likeness (QED) is 0.908. The highest BCUT2D eigenvalue weighted by Crippen LogP contribution is 2.26. The van der Waals surface area contributed by atoms with Crippen LogP contribution in [-0.4, -0.2) is 25.9 Å². The Kier molecular flexibility index (Phi) is 5.25. The Hall–Kier alpha value is -0.290. The molecule has 0 aliphatic rings. The summed E-state index contributed by atoms with van der Waals surface area (Å²) in [4.78, 5) is 0. The molecule has 0 aliphatic heterocycles. The molecule has 0 saturated carbocycles. The summed E-state index contributed by atoms with van der Waals surface area (Å²) in [6, 6.07) is 4.87. The van der Waals surface area contributed by atoms with Gasteiger partial charge in [0.05, 0.1) is 11.5 Å². The van der Waals surface area contributed by atoms with E-state index in [4.69, 9.17) is 28.3 Å². The van der Waals surface area contributed by atoms with Crippen LogP contribution in [0.5, 0.6) is 0 Å². The van der Waals surface area contributed by atoms with Crippen LogP contribution in [0.3, 0.4) is 0 Å². The Morgan fingerprint density at radius 2 is 1.82 bits per heavy atom. The number of aliphatic hydroxyl groups is 1. The molecule has 0 fully saturated rings. The summed E-state index contributed by atoms with van der Waals surface area (Å²) in [7, 11) is -3.32. The van der Waals surface area contributed by atoms with E-state index in [0.717, 1.165) is 0 Å². The summed E-state index contributed by atoms with van der Waals surface area (Å²) in [5.41, 5.74) is 0.418. The molecule has 1 rings (SSSR count). The molecule has 1 atom stereocenters. The lowest BCUT2D eigenvalue weighted by Gasteiger charge is -2.11. The first-order valence-electron chi connectivity index (χ1n) is 5.10. The SMILES string of the molecule is CC(CO)CS(=O)(=O)Cc1c(Cl)cccc1Cl. The van der Waals surface area contributed by atoms with Crippen molar-refractivity contribution in [2.75, 3.05) is 12.4 Å². The normalized spacial score (nSPS) is 13.6. The summed E-state index contributed by atoms with van der Waals surface area (Å²) in [6.45, 7) is 1.52. The van der Waals surface area contributed by atoms with E-state index in [1.54, 1.807) is 25.1 Å². The Morgan fingerprint density at radius 1 is 1.29 bits per heavy atom. The van der Waals surface area contributed by atoms with E-state index in [1.807, 2.05) is 0 Å². The zero-order valence-corrected chi connectivity index (χ0v) is 11.7. The van der Waals surface area contributed by atoms with Crippen molar-refractivity contribution in [2.45, 2.75) is 12.7 Å². The van der Waals surface area contributed by atoms with Crippen LogP contribution in [0.4, 0.5) is 0 Å². The Labute approximate surface area is 111 Å². The van der Waals surface area contributed by atoms with Gasteiger partial charge >= 0.3 is 0 Å². The number of benzene rings is 1. The molecule has 0 aromatic heterocycles. The van der Waals surface area contributed by atoms with E-state index in [0.29, 0.717) is 15.6 Å². The van der Waals surface area contributed by atoms with Crippen molar-refractivity contribution >= 4 is 33.0 Å². The minimum absolute atomic E-state index is 0.0783. The molecule has 0 bridgehead atoms. The number of halogens is 2. The second-order valence-corrected chi connectivity index (χ2v) is 6.97. The average molecular weight is 297 g/mol. The summed E-state index contributed by atoms with van der Waals surface area (Å²) in [5, 5.41) is 9.55. The molecular formula is C11H14Cl2O3S. The maximum Gasteiger partial charge on any atom is 0.154 e. The molecule has 96 valence electrons. The predicted molar refractivity (Wildman–Crippen MR) is 70.2 cm³/mol. The third-order valence-corrected chi connectivity index (χ3v) is 4.79. The van der Waals surface area contributed by atoms with Crippen LogP contribution in [0.2, 0.25) is 10.0 Å². The molecule has 0 heterocycles. The molecule has 1 aromatic carbocycles. The van der Waals surface area contributed by atoms with Crippen molar-refractivity contribution in [1.29, 1.82) is 0 Å². The van der Waals surface area contributed by atoms with Gasteiger partial charge in [0.2, 0.25) is 0 Å². The van der Waals surface area contributed by atoms with E-state index in [-0.39, 0.29) is 24.0 Å². The zero-order chi connectivity index (χ0) is 13.1. The molecule has 6 heteroatoms. The Morgan fingerprint density at radius 3 is 2.29 bits per heavy atom. The van der Waals surface area contributed by atoms with Gasteiger partial charge < -0.3 is 5.11 Å². The minimum Gasteiger partial charge on any atom is -0.396 e. The van der Waals surface area contributed by atoms with Crippen molar-refractivity contribution in [3.8, 4) is 0 Å². The lowest BCUT2D eigenvalue weighted by atomic mass is 10.2. The summed E-state index contributed by atoms with van der Waals surface area (Å²) < 4.78 is 23.7. The number of aliphatic hydroxyl groups excluding tert-OH is 1. The van der Waals surface area contributed by atoms with Crippen LogP contribution >= 0.6 is 23.2 Å². The van der Waals surface area contributed by atoms with Crippen LogP contribution in [-0.2, 0) is 15.6 Å². The van der Waals surface area contributed by atoms with Gasteiger partial charge in [-0.1, -0.05) is 36.2 Å². The number of hydrogen-bond acceptors (Lipinski definition) is 3. The highest BCUT2D eigenvalue weighted by molar-refractivity contribution is 7.90. The van der Waals surface area contributed by atoms with Gasteiger partial charge in [-0.2, -0.15) is 0 Å². The van der Waals surface area contributed by atoms with Crippen molar-refractivity contribution in [3.05, 3.63) is 33.8 Å². The van der Waals surface area contributed by atoms with Crippen LogP contribution < -0.4 is 0 Å². The third kappa shape index (κ3) is 4.47. The van der Waals surface area contributed by atoms with Crippen LogP contribution in [0.1, 0.15) is 12.5 Å². The maximum atomic E-state index is 11.8. The second kappa shape index (κ2) is 6.05. The van der Waals surface area contributed by atoms with Gasteiger partial charge in [-0.3, -0.25) is 0 Å². The largest absolute Gasteiger partial charge is 0.396 e. The van der Waals surface area contributed by atoms with Crippen LogP contribution in [0, 0.1) is 5.92 Å². The first-order valence-corrected chi connectivity index (χ1v) is 7.67. The van der Waals surface area contributed by atoms with E-state index in [9.17, 15) is 8.42 Å². The Balaban J connectivity index is 2.91. The van der Waals surface area contributed by atoms with E-state index >= 15 is 0 Å². The van der Waals surface area contributed by atoms with Gasteiger partial charge in [0, 0.05) is 22.2 Å². The summed E-state index contributed by atoms with van der Waals surface area (Å²) in [6.07, 6.45) is 0. The molecule has 0 amide bonds.